The summed E-state index contributed by atoms with van der Waals surface area (Å²) in [5.41, 5.74) is 20.1. The Morgan fingerprint density at radius 2 is 0.625 bits per heavy atom. The van der Waals surface area contributed by atoms with E-state index in [0.29, 0.717) is 22.6 Å². The van der Waals surface area contributed by atoms with Gasteiger partial charge in [-0.25, -0.2) is 0 Å². The highest BCUT2D eigenvalue weighted by Gasteiger charge is 2.53. The zero-order valence-corrected chi connectivity index (χ0v) is 51.0. The predicted octanol–water partition coefficient (Wildman–Crippen LogP) is 20.7. The van der Waals surface area contributed by atoms with Crippen LogP contribution in [0.25, 0.3) is 121 Å². The fourth-order valence-corrected chi connectivity index (χ4v) is 16.4. The number of anilines is 3. The van der Waals surface area contributed by atoms with Crippen LogP contribution in [0.4, 0.5) is 17.1 Å². The van der Waals surface area contributed by atoms with Crippen molar-refractivity contribution in [2.45, 2.75) is 5.41 Å². The minimum Gasteiger partial charge on any atom is -0.457 e. The number of benzene rings is 12. The van der Waals surface area contributed by atoms with Crippen molar-refractivity contribution in [3.05, 3.63) is 319 Å². The average molecular weight is 1230 g/mol. The Kier molecular flexibility index (Phi) is 10.5. The summed E-state index contributed by atoms with van der Waals surface area (Å²) >= 11 is 0. The summed E-state index contributed by atoms with van der Waals surface area (Å²) < 4.78 is 23.5. The highest BCUT2D eigenvalue weighted by Crippen LogP contribution is 2.63. The third-order valence-electron chi connectivity index (χ3n) is 20.3. The number of para-hydroxylation sites is 9. The Morgan fingerprint density at radius 1 is 0.281 bits per heavy atom. The summed E-state index contributed by atoms with van der Waals surface area (Å²) in [7, 11) is 0. The van der Waals surface area contributed by atoms with E-state index in [0.717, 1.165) is 172 Å². The number of nitriles is 2. The molecule has 0 radical (unpaired) electrons. The van der Waals surface area contributed by atoms with Gasteiger partial charge in [-0.3, -0.25) is 9.97 Å². The highest BCUT2D eigenvalue weighted by molar-refractivity contribution is 6.14. The first-order valence-electron chi connectivity index (χ1n) is 32.0. The molecular weight excluding hydrogens is 1180 g/mol. The summed E-state index contributed by atoms with van der Waals surface area (Å²) in [5, 5.41) is 29.0. The minimum absolute atomic E-state index is 0.593. The second-order valence-electron chi connectivity index (χ2n) is 25.1. The third-order valence-corrected chi connectivity index (χ3v) is 20.3. The number of hydrogen-bond acceptors (Lipinski definition) is 7. The van der Waals surface area contributed by atoms with Gasteiger partial charge in [0.25, 0.3) is 0 Å². The number of ether oxygens (including phenoxy) is 2. The molecule has 8 heterocycles. The molecule has 11 nitrogen and oxygen atoms in total. The Bertz CT molecular complexity index is 6510. The van der Waals surface area contributed by atoms with E-state index in [9.17, 15) is 10.5 Å². The first-order valence-corrected chi connectivity index (χ1v) is 32.0. The van der Waals surface area contributed by atoms with E-state index in [-0.39, 0.29) is 0 Å². The summed E-state index contributed by atoms with van der Waals surface area (Å²) in [6.45, 7) is 0. The quantitative estimate of drug-likeness (QED) is 0.169. The molecule has 3 aliphatic rings. The zero-order chi connectivity index (χ0) is 63.1. The van der Waals surface area contributed by atoms with E-state index >= 15 is 0 Å². The number of fused-ring (bicyclic) bond motifs is 23. The van der Waals surface area contributed by atoms with Gasteiger partial charge >= 0.3 is 0 Å². The van der Waals surface area contributed by atoms with Gasteiger partial charge in [0, 0.05) is 94.5 Å². The van der Waals surface area contributed by atoms with Crippen molar-refractivity contribution in [2.75, 3.05) is 4.90 Å². The molecule has 6 aromatic heterocycles. The SMILES string of the molecule is N#Cc1ccc2c(c1)c1ccccc1n2-c1ccc2c(c1)Oc1cc(-n3c4ccccc4c4cc(N5c6ccccc6Oc6ccccc65)ccc43)ccc1C21c2cc(-n3c4ccccc4c4ccccc43)cnc2-c2ncc(-n3c4ccccc4c4cc(C#N)ccc43)cc21. The molecule has 0 bridgehead atoms. The van der Waals surface area contributed by atoms with Gasteiger partial charge in [-0.1, -0.05) is 127 Å². The molecule has 0 N–H and O–H groups in total. The van der Waals surface area contributed by atoms with E-state index in [2.05, 4.69) is 260 Å². The van der Waals surface area contributed by atoms with Gasteiger partial charge in [0.2, 0.25) is 0 Å². The van der Waals surface area contributed by atoms with Crippen molar-refractivity contribution < 1.29 is 9.47 Å². The monoisotopic (exact) mass is 1230 g/mol. The van der Waals surface area contributed by atoms with Crippen LogP contribution in [0.15, 0.2) is 285 Å². The molecular formula is C85H47N9O2. The van der Waals surface area contributed by atoms with Crippen LogP contribution in [0, 0.1) is 22.7 Å². The molecule has 21 rings (SSSR count). The van der Waals surface area contributed by atoms with Crippen LogP contribution < -0.4 is 14.4 Å². The molecule has 18 aromatic rings. The molecule has 0 amide bonds. The molecule has 1 aliphatic carbocycles. The smallest absolute Gasteiger partial charge is 0.151 e. The van der Waals surface area contributed by atoms with Gasteiger partial charge in [-0.05, 0) is 133 Å². The van der Waals surface area contributed by atoms with Crippen LogP contribution in [0.3, 0.4) is 0 Å². The normalized spacial score (nSPS) is 14.2. The molecule has 12 aromatic carbocycles. The van der Waals surface area contributed by atoms with Crippen LogP contribution in [-0.2, 0) is 5.41 Å². The number of pyridine rings is 2. The van der Waals surface area contributed by atoms with Crippen molar-refractivity contribution in [1.29, 1.82) is 10.5 Å². The molecule has 96 heavy (non-hydrogen) atoms. The highest BCUT2D eigenvalue weighted by atomic mass is 16.5. The van der Waals surface area contributed by atoms with Crippen LogP contribution in [-0.4, -0.2) is 28.2 Å². The number of hydrogen-bond donors (Lipinski definition) is 0. The maximum Gasteiger partial charge on any atom is 0.151 e. The molecule has 0 saturated heterocycles. The van der Waals surface area contributed by atoms with Gasteiger partial charge in [-0.2, -0.15) is 10.5 Å². The fourth-order valence-electron chi connectivity index (χ4n) is 16.4. The van der Waals surface area contributed by atoms with Crippen molar-refractivity contribution in [2.24, 2.45) is 0 Å². The maximum atomic E-state index is 10.2. The molecule has 1 unspecified atom stereocenters. The van der Waals surface area contributed by atoms with Gasteiger partial charge in [0.1, 0.15) is 11.5 Å². The van der Waals surface area contributed by atoms with Crippen LogP contribution in [0.5, 0.6) is 23.0 Å². The summed E-state index contributed by atoms with van der Waals surface area (Å²) in [4.78, 5) is 13.5. The second kappa shape index (κ2) is 19.3. The molecule has 0 fully saturated rings. The van der Waals surface area contributed by atoms with Gasteiger partial charge in [-0.15, -0.1) is 0 Å². The molecule has 1 spiro atoms. The summed E-state index contributed by atoms with van der Waals surface area (Å²) in [6.07, 6.45) is 3.99. The van der Waals surface area contributed by atoms with Crippen molar-refractivity contribution in [1.82, 2.24) is 28.2 Å². The van der Waals surface area contributed by atoms with E-state index in [1.165, 1.54) is 0 Å². The predicted molar refractivity (Wildman–Crippen MR) is 381 cm³/mol. The average Bonchev–Trinajstić information content (AvgIpc) is 1.41. The van der Waals surface area contributed by atoms with Crippen LogP contribution >= 0.6 is 0 Å². The Morgan fingerprint density at radius 3 is 1.06 bits per heavy atom. The lowest BCUT2D eigenvalue weighted by molar-refractivity contribution is 0.436. The largest absolute Gasteiger partial charge is 0.457 e. The Balaban J connectivity index is 0.848. The fraction of sp³-hybridized carbons (Fsp3) is 0.0118. The van der Waals surface area contributed by atoms with E-state index < -0.39 is 5.41 Å². The molecule has 0 saturated carbocycles. The first-order chi connectivity index (χ1) is 47.5. The van der Waals surface area contributed by atoms with Crippen molar-refractivity contribution in [3.63, 3.8) is 0 Å². The molecule has 444 valence electrons. The van der Waals surface area contributed by atoms with Crippen LogP contribution in [0.2, 0.25) is 0 Å². The third kappa shape index (κ3) is 6.96. The van der Waals surface area contributed by atoms with E-state index in [1.54, 1.807) is 0 Å². The maximum absolute atomic E-state index is 10.2. The Labute approximate surface area is 547 Å². The first kappa shape index (κ1) is 52.2. The lowest BCUT2D eigenvalue weighted by Gasteiger charge is -2.39. The molecule has 2 aliphatic heterocycles. The zero-order valence-electron chi connectivity index (χ0n) is 51.0. The van der Waals surface area contributed by atoms with Crippen molar-refractivity contribution >= 4 is 104 Å². The van der Waals surface area contributed by atoms with Crippen LogP contribution in [0.1, 0.15) is 33.4 Å². The summed E-state index contributed by atoms with van der Waals surface area (Å²) in [5.74, 6) is 2.93. The topological polar surface area (TPSA) is 115 Å². The standard InChI is InChI=1S/C85H47N9O2/c86-46-50-29-36-74-62(39-50)59-17-3-8-22-71(59)90(74)53-31-34-65-81(44-53)96-82-45-54(91-72-23-9-5-19-61(72)64-41-52(33-38-76(64)91)92-77-25-11-13-27-79(77)95-80-28-14-12-26-78(80)92)32-35-66(82)85(65)67-42-55(93-69-20-6-1-15-57(69)58-16-2-7-21-70(58)93)48-88-83(67)84-68(85)43-56(49-89-84)94-73-24-10-4-18-60(73)63-40-51(47-87)30-37-75(63)94/h1-45,48-49H. The van der Waals surface area contributed by atoms with E-state index in [4.69, 9.17) is 19.4 Å². The molecule has 1 atom stereocenters. The van der Waals surface area contributed by atoms with E-state index in [1.807, 2.05) is 60.9 Å². The summed E-state index contributed by atoms with van der Waals surface area (Å²) in [6, 6.07) is 101. The number of nitrogens with zero attached hydrogens (tertiary/aromatic N) is 9. The van der Waals surface area contributed by atoms with Gasteiger partial charge in [0.05, 0.1) is 119 Å². The second-order valence-corrected chi connectivity index (χ2v) is 25.1. The van der Waals surface area contributed by atoms with Gasteiger partial charge < -0.3 is 32.6 Å². The minimum atomic E-state index is -1.11. The van der Waals surface area contributed by atoms with Gasteiger partial charge in [0.15, 0.2) is 11.5 Å². The Hall–Kier alpha value is -13.5. The molecule has 11 heteroatoms. The number of aromatic nitrogens is 6. The lowest BCUT2D eigenvalue weighted by atomic mass is 9.66. The lowest BCUT2D eigenvalue weighted by Crippen LogP contribution is -2.32. The van der Waals surface area contributed by atoms with Crippen molar-refractivity contribution in [3.8, 4) is 69.3 Å². The number of rotatable bonds is 5.